The van der Waals surface area contributed by atoms with Crippen molar-refractivity contribution in [3.8, 4) is 0 Å². The molecule has 4 aromatic rings. The fourth-order valence-electron chi connectivity index (χ4n) is 3.26. The van der Waals surface area contributed by atoms with Crippen molar-refractivity contribution in [1.82, 2.24) is 9.97 Å². The lowest BCUT2D eigenvalue weighted by Crippen LogP contribution is -1.95. The molecule has 2 aromatic heterocycles. The highest BCUT2D eigenvalue weighted by molar-refractivity contribution is 6.24. The Bertz CT molecular complexity index is 1160. The standard InChI is InChI=1S/2C15H13NO/c2*1-12(17)15(14-5-3-2-4-6-14)11-13-7-9-16-10-8-13/h2*2-11H,1H3/b2*15-11+. The molecule has 2 aromatic carbocycles. The van der Waals surface area contributed by atoms with E-state index in [-0.39, 0.29) is 11.6 Å². The lowest BCUT2D eigenvalue weighted by atomic mass is 10.0. The highest BCUT2D eigenvalue weighted by atomic mass is 16.1. The summed E-state index contributed by atoms with van der Waals surface area (Å²) in [6.07, 6.45) is 10.6. The Balaban J connectivity index is 0.000000191. The van der Waals surface area contributed by atoms with Crippen molar-refractivity contribution in [2.75, 3.05) is 0 Å². The van der Waals surface area contributed by atoms with Crippen LogP contribution < -0.4 is 0 Å². The third kappa shape index (κ3) is 7.31. The maximum atomic E-state index is 11.7. The van der Waals surface area contributed by atoms with Gasteiger partial charge in [-0.15, -0.1) is 0 Å². The van der Waals surface area contributed by atoms with Crippen LogP contribution in [0.15, 0.2) is 110 Å². The molecule has 0 aliphatic carbocycles. The normalized spacial score (nSPS) is 11.2. The van der Waals surface area contributed by atoms with Gasteiger partial charge in [-0.1, -0.05) is 60.7 Å². The van der Waals surface area contributed by atoms with E-state index in [0.29, 0.717) is 0 Å². The van der Waals surface area contributed by atoms with Crippen LogP contribution in [0.2, 0.25) is 0 Å². The minimum absolute atomic E-state index is 0.0630. The summed E-state index contributed by atoms with van der Waals surface area (Å²) in [5.41, 5.74) is 5.28. The Morgan fingerprint density at radius 1 is 0.529 bits per heavy atom. The Morgan fingerprint density at radius 2 is 0.853 bits per heavy atom. The summed E-state index contributed by atoms with van der Waals surface area (Å²) < 4.78 is 0. The second kappa shape index (κ2) is 12.6. The number of pyridine rings is 2. The molecule has 0 bridgehead atoms. The van der Waals surface area contributed by atoms with Gasteiger partial charge in [0, 0.05) is 35.9 Å². The predicted octanol–water partition coefficient (Wildman–Crippen LogP) is 6.42. The smallest absolute Gasteiger partial charge is 0.160 e. The lowest BCUT2D eigenvalue weighted by molar-refractivity contribution is -0.112. The zero-order valence-electron chi connectivity index (χ0n) is 19.3. The largest absolute Gasteiger partial charge is 0.294 e. The number of allylic oxidation sites excluding steroid dienone is 2. The summed E-state index contributed by atoms with van der Waals surface area (Å²) in [4.78, 5) is 31.2. The molecule has 34 heavy (non-hydrogen) atoms. The molecule has 0 saturated heterocycles. The van der Waals surface area contributed by atoms with E-state index in [1.165, 1.54) is 0 Å². The van der Waals surface area contributed by atoms with E-state index in [2.05, 4.69) is 9.97 Å². The Labute approximate surface area is 200 Å². The molecule has 2 heterocycles. The van der Waals surface area contributed by atoms with Gasteiger partial charge in [-0.2, -0.15) is 0 Å². The van der Waals surface area contributed by atoms with Crippen molar-refractivity contribution < 1.29 is 9.59 Å². The first-order valence-corrected chi connectivity index (χ1v) is 10.9. The second-order valence-electron chi connectivity index (χ2n) is 7.52. The molecule has 4 nitrogen and oxygen atoms in total. The number of carbonyl (C=O) groups is 2. The molecule has 168 valence electrons. The third-order valence-electron chi connectivity index (χ3n) is 4.96. The summed E-state index contributed by atoms with van der Waals surface area (Å²) in [5, 5.41) is 0. The van der Waals surface area contributed by atoms with Gasteiger partial charge in [-0.25, -0.2) is 0 Å². The van der Waals surface area contributed by atoms with Crippen LogP contribution in [0, 0.1) is 0 Å². The SMILES string of the molecule is CC(=O)/C(=C\c1ccncc1)c1ccccc1.CC(=O)/C(=C\c1ccncc1)c1ccccc1. The molecule has 0 N–H and O–H groups in total. The van der Waals surface area contributed by atoms with Crippen LogP contribution in [0.1, 0.15) is 36.1 Å². The average molecular weight is 447 g/mol. The quantitative estimate of drug-likeness (QED) is 0.321. The molecule has 4 rings (SSSR count). The van der Waals surface area contributed by atoms with Crippen LogP contribution in [0.4, 0.5) is 0 Å². The monoisotopic (exact) mass is 446 g/mol. The predicted molar refractivity (Wildman–Crippen MR) is 138 cm³/mol. The molecule has 0 unspecified atom stereocenters. The Hall–Kier alpha value is -4.44. The van der Waals surface area contributed by atoms with E-state index in [4.69, 9.17) is 0 Å². The second-order valence-corrected chi connectivity index (χ2v) is 7.52. The number of Topliss-reactive ketones (excluding diaryl/α,β-unsaturated/α-hetero) is 2. The molecular weight excluding hydrogens is 420 g/mol. The first-order chi connectivity index (χ1) is 16.5. The van der Waals surface area contributed by atoms with Crippen molar-refractivity contribution >= 4 is 34.9 Å². The first kappa shape index (κ1) is 24.2. The maximum Gasteiger partial charge on any atom is 0.160 e. The molecule has 0 aliphatic rings. The number of rotatable bonds is 6. The van der Waals surface area contributed by atoms with Crippen LogP contribution in [0.3, 0.4) is 0 Å². The molecule has 0 atom stereocenters. The van der Waals surface area contributed by atoms with Crippen molar-refractivity contribution in [2.45, 2.75) is 13.8 Å². The van der Waals surface area contributed by atoms with Crippen LogP contribution in [-0.2, 0) is 9.59 Å². The number of nitrogens with zero attached hydrogens (tertiary/aromatic N) is 2. The van der Waals surface area contributed by atoms with E-state index < -0.39 is 0 Å². The van der Waals surface area contributed by atoms with Gasteiger partial charge < -0.3 is 0 Å². The van der Waals surface area contributed by atoms with E-state index in [1.807, 2.05) is 97.1 Å². The van der Waals surface area contributed by atoms with Crippen LogP contribution >= 0.6 is 0 Å². The number of hydrogen-bond donors (Lipinski definition) is 0. The van der Waals surface area contributed by atoms with E-state index in [0.717, 1.165) is 33.4 Å². The zero-order chi connectivity index (χ0) is 24.2. The van der Waals surface area contributed by atoms with Crippen molar-refractivity contribution in [3.05, 3.63) is 132 Å². The van der Waals surface area contributed by atoms with Gasteiger partial charge in [0.1, 0.15) is 0 Å². The lowest BCUT2D eigenvalue weighted by Gasteiger charge is -2.03. The third-order valence-corrected chi connectivity index (χ3v) is 4.96. The molecular formula is C30H26N2O2. The highest BCUT2D eigenvalue weighted by Crippen LogP contribution is 2.19. The Kier molecular flexibility index (Phi) is 8.94. The number of aromatic nitrogens is 2. The topological polar surface area (TPSA) is 59.9 Å². The van der Waals surface area contributed by atoms with E-state index in [1.54, 1.807) is 38.6 Å². The number of benzene rings is 2. The minimum Gasteiger partial charge on any atom is -0.294 e. The van der Waals surface area contributed by atoms with Gasteiger partial charge in [0.2, 0.25) is 0 Å². The van der Waals surface area contributed by atoms with Crippen LogP contribution in [-0.4, -0.2) is 21.5 Å². The van der Waals surface area contributed by atoms with Gasteiger partial charge >= 0.3 is 0 Å². The zero-order valence-corrected chi connectivity index (χ0v) is 19.3. The molecule has 0 spiro atoms. The highest BCUT2D eigenvalue weighted by Gasteiger charge is 2.07. The molecule has 0 aliphatic heterocycles. The average Bonchev–Trinajstić information content (AvgIpc) is 2.88. The van der Waals surface area contributed by atoms with Gasteiger partial charge in [0.25, 0.3) is 0 Å². The van der Waals surface area contributed by atoms with Crippen molar-refractivity contribution in [3.63, 3.8) is 0 Å². The maximum absolute atomic E-state index is 11.7. The van der Waals surface area contributed by atoms with Crippen molar-refractivity contribution in [2.24, 2.45) is 0 Å². The summed E-state index contributed by atoms with van der Waals surface area (Å²) in [7, 11) is 0. The summed E-state index contributed by atoms with van der Waals surface area (Å²) in [5.74, 6) is 0.126. The van der Waals surface area contributed by atoms with E-state index in [9.17, 15) is 9.59 Å². The van der Waals surface area contributed by atoms with Crippen molar-refractivity contribution in [1.29, 1.82) is 0 Å². The molecule has 0 saturated carbocycles. The summed E-state index contributed by atoms with van der Waals surface area (Å²) >= 11 is 0. The van der Waals surface area contributed by atoms with Gasteiger partial charge in [0.15, 0.2) is 11.6 Å². The number of ketones is 2. The fraction of sp³-hybridized carbons (Fsp3) is 0.0667. The Morgan fingerprint density at radius 3 is 1.15 bits per heavy atom. The van der Waals surface area contributed by atoms with Gasteiger partial charge in [-0.05, 0) is 72.5 Å². The molecule has 0 fully saturated rings. The van der Waals surface area contributed by atoms with Gasteiger partial charge in [0.05, 0.1) is 0 Å². The van der Waals surface area contributed by atoms with Crippen LogP contribution in [0.5, 0.6) is 0 Å². The number of hydrogen-bond acceptors (Lipinski definition) is 4. The molecule has 0 amide bonds. The number of carbonyl (C=O) groups excluding carboxylic acids is 2. The van der Waals surface area contributed by atoms with Crippen LogP contribution in [0.25, 0.3) is 23.3 Å². The van der Waals surface area contributed by atoms with Gasteiger partial charge in [-0.3, -0.25) is 19.6 Å². The van der Waals surface area contributed by atoms with E-state index >= 15 is 0 Å². The summed E-state index contributed by atoms with van der Waals surface area (Å²) in [6, 6.07) is 26.9. The fourth-order valence-corrected chi connectivity index (χ4v) is 3.26. The minimum atomic E-state index is 0.0630. The molecule has 4 heteroatoms. The first-order valence-electron chi connectivity index (χ1n) is 10.9. The summed E-state index contributed by atoms with van der Waals surface area (Å²) in [6.45, 7) is 3.17. The molecule has 0 radical (unpaired) electrons.